The summed E-state index contributed by atoms with van der Waals surface area (Å²) in [6, 6.07) is 18.0. The molecule has 0 heterocycles. The Balaban J connectivity index is 0.000000956. The van der Waals surface area contributed by atoms with Crippen LogP contribution in [0.5, 0.6) is 0 Å². The Morgan fingerprint density at radius 2 is 1.60 bits per heavy atom. The van der Waals surface area contributed by atoms with Crippen LogP contribution in [-0.4, -0.2) is 11.9 Å². The van der Waals surface area contributed by atoms with Crippen LogP contribution in [0.25, 0.3) is 0 Å². The molecular formula is C14H8O5V. The molecule has 0 bridgehead atoms. The zero-order chi connectivity index (χ0) is 14.8. The molecular weight excluding hydrogens is 299 g/mol. The summed E-state index contributed by atoms with van der Waals surface area (Å²) in [4.78, 5) is 31.7. The van der Waals surface area contributed by atoms with Crippen molar-refractivity contribution in [3.8, 4) is 0 Å². The van der Waals surface area contributed by atoms with Crippen LogP contribution < -0.4 is 0 Å². The minimum atomic E-state index is -0.784. The Morgan fingerprint density at radius 3 is 2.20 bits per heavy atom. The van der Waals surface area contributed by atoms with E-state index < -0.39 is 11.9 Å². The molecule has 0 saturated heterocycles. The fourth-order valence-corrected chi connectivity index (χ4v) is 1.22. The standard InChI is InChI=1S/C14H8O4.O.V/c15-13(11-7-3-1-4-8-11)17-18-14(16)12-9-5-2-6-10-12;;/h1,3-9H;;/q-2;;+2. The van der Waals surface area contributed by atoms with Gasteiger partial charge in [0.1, 0.15) is 0 Å². The second kappa shape index (κ2) is 8.80. The maximum absolute atomic E-state index is 11.5. The van der Waals surface area contributed by atoms with Crippen molar-refractivity contribution in [3.05, 3.63) is 71.8 Å². The zero-order valence-corrected chi connectivity index (χ0v) is 11.5. The fourth-order valence-electron chi connectivity index (χ4n) is 1.22. The molecule has 0 aromatic heterocycles. The molecule has 0 radical (unpaired) electrons. The number of carbonyl (C=O) groups excluding carboxylic acids is 2. The van der Waals surface area contributed by atoms with Gasteiger partial charge in [-0.3, -0.25) is 17.0 Å². The molecule has 0 aliphatic rings. The van der Waals surface area contributed by atoms with Gasteiger partial charge in [-0.15, -0.1) is 0 Å². The molecule has 0 aliphatic carbocycles. The topological polar surface area (TPSA) is 69.7 Å². The van der Waals surface area contributed by atoms with E-state index in [0.717, 1.165) is 17.4 Å². The number of hydrogen-bond acceptors (Lipinski definition) is 5. The van der Waals surface area contributed by atoms with Gasteiger partial charge in [-0.25, -0.2) is 23.0 Å². The Morgan fingerprint density at radius 1 is 0.950 bits per heavy atom. The molecule has 6 heteroatoms. The minimum absolute atomic E-state index is 0.162. The molecule has 0 unspecified atom stereocenters. The van der Waals surface area contributed by atoms with Gasteiger partial charge in [0.25, 0.3) is 0 Å². The van der Waals surface area contributed by atoms with E-state index in [1.807, 2.05) is 0 Å². The van der Waals surface area contributed by atoms with Crippen molar-refractivity contribution < 1.29 is 40.4 Å². The monoisotopic (exact) mass is 307 g/mol. The fraction of sp³-hybridized carbons (Fsp3) is 0. The normalized spacial score (nSPS) is 8.90. The molecule has 0 N–H and O–H groups in total. The summed E-state index contributed by atoms with van der Waals surface area (Å²) < 4.78 is 8.19. The summed E-state index contributed by atoms with van der Waals surface area (Å²) in [6.07, 6.45) is 0. The number of benzene rings is 2. The quantitative estimate of drug-likeness (QED) is 0.483. The van der Waals surface area contributed by atoms with Gasteiger partial charge >= 0.3 is 27.0 Å². The maximum atomic E-state index is 11.5. The van der Waals surface area contributed by atoms with E-state index in [9.17, 15) is 9.59 Å². The van der Waals surface area contributed by atoms with Gasteiger partial charge in [0.15, 0.2) is 0 Å². The van der Waals surface area contributed by atoms with Crippen molar-refractivity contribution in [2.75, 3.05) is 0 Å². The average Bonchev–Trinajstić information content (AvgIpc) is 2.55. The van der Waals surface area contributed by atoms with E-state index in [1.165, 1.54) is 18.2 Å². The van der Waals surface area contributed by atoms with Crippen molar-refractivity contribution in [3.63, 3.8) is 0 Å². The molecule has 0 atom stereocenters. The first-order valence-corrected chi connectivity index (χ1v) is 5.88. The van der Waals surface area contributed by atoms with Crippen molar-refractivity contribution in [1.82, 2.24) is 0 Å². The molecule has 20 heavy (non-hydrogen) atoms. The summed E-state index contributed by atoms with van der Waals surface area (Å²) in [6.45, 7) is 0. The van der Waals surface area contributed by atoms with Crippen LogP contribution in [0.2, 0.25) is 0 Å². The van der Waals surface area contributed by atoms with Gasteiger partial charge in [-0.2, -0.15) is 5.56 Å². The summed E-state index contributed by atoms with van der Waals surface area (Å²) in [7, 11) is 0. The molecule has 0 saturated carbocycles. The molecule has 2 rings (SSSR count). The Labute approximate surface area is 124 Å². The second-order valence-corrected chi connectivity index (χ2v) is 3.31. The van der Waals surface area contributed by atoms with E-state index in [2.05, 4.69) is 21.9 Å². The van der Waals surface area contributed by atoms with Crippen molar-refractivity contribution in [1.29, 1.82) is 0 Å². The SMILES string of the molecule is O=C(OOC(=O)c1ccccc1)c1[c-]c[c-]cc1.[O]=[V+2]. The Hall–Kier alpha value is -2.24. The Bertz CT molecular complexity index is 505. The molecule has 5 nitrogen and oxygen atoms in total. The Kier molecular flexibility index (Phi) is 6.96. The molecule has 99 valence electrons. The first-order chi connectivity index (χ1) is 9.77. The third-order valence-corrected chi connectivity index (χ3v) is 2.08. The van der Waals surface area contributed by atoms with Gasteiger partial charge in [0.2, 0.25) is 5.97 Å². The first kappa shape index (κ1) is 15.8. The average molecular weight is 307 g/mol. The van der Waals surface area contributed by atoms with Crippen LogP contribution in [-0.2, 0) is 30.8 Å². The van der Waals surface area contributed by atoms with Gasteiger partial charge in [0.05, 0.1) is 5.56 Å². The van der Waals surface area contributed by atoms with Crippen LogP contribution in [0.1, 0.15) is 20.7 Å². The van der Waals surface area contributed by atoms with Crippen LogP contribution >= 0.6 is 0 Å². The summed E-state index contributed by atoms with van der Waals surface area (Å²) in [5, 5.41) is 0. The summed E-state index contributed by atoms with van der Waals surface area (Å²) in [5.41, 5.74) is 0.463. The van der Waals surface area contributed by atoms with Crippen LogP contribution in [0, 0.1) is 12.1 Å². The predicted octanol–water partition coefficient (Wildman–Crippen LogP) is 2.09. The summed E-state index contributed by atoms with van der Waals surface area (Å²) >= 11 is 1.06. The number of carbonyl (C=O) groups is 2. The third kappa shape index (κ3) is 4.80. The van der Waals surface area contributed by atoms with E-state index >= 15 is 0 Å². The van der Waals surface area contributed by atoms with Crippen LogP contribution in [0.4, 0.5) is 0 Å². The molecule has 0 aliphatic heterocycles. The molecule has 0 amide bonds. The van der Waals surface area contributed by atoms with Gasteiger partial charge < -0.3 is 9.68 Å². The van der Waals surface area contributed by atoms with Crippen molar-refractivity contribution >= 4 is 11.9 Å². The van der Waals surface area contributed by atoms with Gasteiger partial charge in [0, 0.05) is 0 Å². The molecule has 0 fully saturated rings. The van der Waals surface area contributed by atoms with Gasteiger partial charge in [-0.1, -0.05) is 18.2 Å². The van der Waals surface area contributed by atoms with Crippen LogP contribution in [0.3, 0.4) is 0 Å². The molecule has 2 aromatic rings. The van der Waals surface area contributed by atoms with Crippen molar-refractivity contribution in [2.45, 2.75) is 0 Å². The number of hydrogen-bond donors (Lipinski definition) is 0. The van der Waals surface area contributed by atoms with Gasteiger partial charge in [-0.05, 0) is 12.1 Å². The van der Waals surface area contributed by atoms with Crippen molar-refractivity contribution in [2.24, 2.45) is 0 Å². The van der Waals surface area contributed by atoms with E-state index in [1.54, 1.807) is 30.3 Å². The van der Waals surface area contributed by atoms with E-state index in [-0.39, 0.29) is 5.56 Å². The second-order valence-electron chi connectivity index (χ2n) is 3.31. The summed E-state index contributed by atoms with van der Waals surface area (Å²) in [5.74, 6) is -1.51. The number of rotatable bonds is 2. The molecule has 0 spiro atoms. The van der Waals surface area contributed by atoms with E-state index in [0.29, 0.717) is 5.56 Å². The zero-order valence-electron chi connectivity index (χ0n) is 10.1. The van der Waals surface area contributed by atoms with E-state index in [4.69, 9.17) is 3.67 Å². The predicted molar refractivity (Wildman–Crippen MR) is 62.1 cm³/mol. The third-order valence-electron chi connectivity index (χ3n) is 2.08. The van der Waals surface area contributed by atoms with Crippen LogP contribution in [0.15, 0.2) is 48.5 Å². The first-order valence-electron chi connectivity index (χ1n) is 5.31. The molecule has 2 aromatic carbocycles.